The summed E-state index contributed by atoms with van der Waals surface area (Å²) in [5.74, 6) is -2.78. The van der Waals surface area contributed by atoms with Crippen molar-refractivity contribution in [3.63, 3.8) is 0 Å². The van der Waals surface area contributed by atoms with Gasteiger partial charge in [0.2, 0.25) is 0 Å². The number of likely N-dealkylation sites (N-methyl/N-ethyl adjacent to an activating group) is 2. The van der Waals surface area contributed by atoms with Crippen LogP contribution in [0.15, 0.2) is 58.9 Å². The average Bonchev–Trinajstić information content (AvgIpc) is 3.42. The van der Waals surface area contributed by atoms with Crippen LogP contribution < -0.4 is 15.0 Å². The highest BCUT2D eigenvalue weighted by molar-refractivity contribution is 6.25. The van der Waals surface area contributed by atoms with Crippen molar-refractivity contribution in [2.45, 2.75) is 34.1 Å². The number of amides is 1. The highest BCUT2D eigenvalue weighted by atomic mass is 19.1. The smallest absolute Gasteiger partial charge is 0.260 e. The van der Waals surface area contributed by atoms with E-state index in [1.807, 2.05) is 18.7 Å². The van der Waals surface area contributed by atoms with Gasteiger partial charge in [0.15, 0.2) is 17.4 Å². The Labute approximate surface area is 255 Å². The predicted molar refractivity (Wildman–Crippen MR) is 169 cm³/mol. The van der Waals surface area contributed by atoms with E-state index in [2.05, 4.69) is 27.1 Å². The highest BCUT2D eigenvalue weighted by Gasteiger charge is 2.31. The lowest BCUT2D eigenvalue weighted by Gasteiger charge is -2.35. The van der Waals surface area contributed by atoms with Gasteiger partial charge in [-0.2, -0.15) is 0 Å². The van der Waals surface area contributed by atoms with Gasteiger partial charge in [0.1, 0.15) is 23.0 Å². The molecular weight excluding hydrogens is 569 g/mol. The molecule has 1 aromatic heterocycles. The monoisotopic (exact) mass is 608 g/mol. The van der Waals surface area contributed by atoms with Crippen LogP contribution in [0.3, 0.4) is 0 Å². The summed E-state index contributed by atoms with van der Waals surface area (Å²) in [5, 5.41) is 3.16. The molecule has 0 radical (unpaired) electrons. The average molecular weight is 609 g/mol. The molecule has 8 nitrogen and oxygen atoms in total. The van der Waals surface area contributed by atoms with Crippen LogP contribution in [0.5, 0.6) is 5.75 Å². The van der Waals surface area contributed by atoms with E-state index >= 15 is 13.2 Å². The van der Waals surface area contributed by atoms with Crippen LogP contribution >= 0.6 is 0 Å². The van der Waals surface area contributed by atoms with Crippen molar-refractivity contribution in [1.29, 1.82) is 0 Å². The first-order valence-electron chi connectivity index (χ1n) is 15.0. The maximum Gasteiger partial charge on any atom is 0.260 e. The second-order valence-corrected chi connectivity index (χ2v) is 11.3. The molecule has 3 heterocycles. The van der Waals surface area contributed by atoms with Crippen molar-refractivity contribution in [2.24, 2.45) is 10.9 Å². The summed E-state index contributed by atoms with van der Waals surface area (Å²) in [6.45, 7) is 12.0. The molecule has 1 fully saturated rings. The van der Waals surface area contributed by atoms with Crippen molar-refractivity contribution < 1.29 is 22.7 Å². The van der Waals surface area contributed by atoms with Crippen molar-refractivity contribution in [1.82, 2.24) is 14.8 Å². The predicted octanol–water partition coefficient (Wildman–Crippen LogP) is 6.21. The zero-order valence-electron chi connectivity index (χ0n) is 25.8. The third-order valence-corrected chi connectivity index (χ3v) is 8.26. The lowest BCUT2D eigenvalue weighted by molar-refractivity contribution is -0.125. The third-order valence-electron chi connectivity index (χ3n) is 8.26. The van der Waals surface area contributed by atoms with Crippen LogP contribution in [-0.2, 0) is 4.79 Å². The zero-order chi connectivity index (χ0) is 31.5. The molecule has 2 N–H and O–H groups in total. The van der Waals surface area contributed by atoms with Gasteiger partial charge >= 0.3 is 0 Å². The summed E-state index contributed by atoms with van der Waals surface area (Å²) >= 11 is 0. The fourth-order valence-electron chi connectivity index (χ4n) is 5.52. The van der Waals surface area contributed by atoms with Gasteiger partial charge in [-0.15, -0.1) is 0 Å². The number of halogens is 3. The number of H-pyrrole nitrogens is 1. The fraction of sp³-hybridized carbons (Fsp3) is 0.394. The number of hydrogen-bond donors (Lipinski definition) is 2. The molecule has 1 saturated heterocycles. The topological polar surface area (TPSA) is 76.2 Å². The first kappa shape index (κ1) is 31.2. The lowest BCUT2D eigenvalue weighted by Crippen LogP contribution is -2.46. The van der Waals surface area contributed by atoms with Crippen LogP contribution in [-0.4, -0.2) is 72.8 Å². The SMILES string of the molecule is CCN1CCN(c2ccc(NC3=N/C=C/CC(C)C(Oc4cc(F)c5[nH]c(C)cc5c4F)=C3C(=O)N(C)CC)cc2F)CC1. The van der Waals surface area contributed by atoms with Gasteiger partial charge in [0, 0.05) is 74.7 Å². The second-order valence-electron chi connectivity index (χ2n) is 11.3. The number of allylic oxidation sites excluding steroid dienone is 2. The summed E-state index contributed by atoms with van der Waals surface area (Å²) in [6.07, 6.45) is 3.81. The minimum Gasteiger partial charge on any atom is -0.457 e. The molecular formula is C33H39F3N6O2. The summed E-state index contributed by atoms with van der Waals surface area (Å²) in [4.78, 5) is 27.0. The molecule has 0 spiro atoms. The number of hydrogen-bond acceptors (Lipinski definition) is 6. The zero-order valence-corrected chi connectivity index (χ0v) is 25.8. The van der Waals surface area contributed by atoms with Gasteiger partial charge < -0.3 is 29.7 Å². The molecule has 1 amide bonds. The first-order valence-corrected chi connectivity index (χ1v) is 15.0. The number of aryl methyl sites for hydroxylation is 1. The number of anilines is 2. The van der Waals surface area contributed by atoms with Crippen LogP contribution in [0.1, 0.15) is 32.9 Å². The number of nitrogens with one attached hydrogen (secondary N) is 2. The van der Waals surface area contributed by atoms with E-state index in [1.54, 1.807) is 38.4 Å². The Morgan fingerprint density at radius 2 is 1.86 bits per heavy atom. The summed E-state index contributed by atoms with van der Waals surface area (Å²) < 4.78 is 52.3. The number of fused-ring (bicyclic) bond motifs is 1. The molecule has 44 heavy (non-hydrogen) atoms. The number of aromatic nitrogens is 1. The third kappa shape index (κ3) is 6.33. The number of benzene rings is 2. The van der Waals surface area contributed by atoms with Crippen molar-refractivity contribution >= 4 is 34.0 Å². The molecule has 11 heteroatoms. The molecule has 3 aromatic rings. The number of aromatic amines is 1. The molecule has 5 rings (SSSR count). The fourth-order valence-corrected chi connectivity index (χ4v) is 5.52. The Bertz CT molecular complexity index is 1640. The summed E-state index contributed by atoms with van der Waals surface area (Å²) in [7, 11) is 1.63. The largest absolute Gasteiger partial charge is 0.457 e. The van der Waals surface area contributed by atoms with Gasteiger partial charge in [-0.05, 0) is 51.1 Å². The van der Waals surface area contributed by atoms with Gasteiger partial charge in [0.05, 0.1) is 11.2 Å². The van der Waals surface area contributed by atoms with Gasteiger partial charge in [0.25, 0.3) is 5.91 Å². The van der Waals surface area contributed by atoms with Gasteiger partial charge in [-0.25, -0.2) is 18.2 Å². The molecule has 2 aromatic carbocycles. The van der Waals surface area contributed by atoms with Gasteiger partial charge in [-0.3, -0.25) is 4.79 Å². The van der Waals surface area contributed by atoms with E-state index in [-0.39, 0.29) is 33.8 Å². The number of piperazine rings is 1. The van der Waals surface area contributed by atoms with Gasteiger partial charge in [-0.1, -0.05) is 19.9 Å². The molecule has 1 atom stereocenters. The lowest BCUT2D eigenvalue weighted by atomic mass is 9.98. The minimum atomic E-state index is -0.748. The summed E-state index contributed by atoms with van der Waals surface area (Å²) in [5.41, 5.74) is 1.58. The van der Waals surface area contributed by atoms with E-state index < -0.39 is 29.3 Å². The number of ether oxygens (including phenoxy) is 1. The maximum absolute atomic E-state index is 15.7. The Balaban J connectivity index is 1.54. The molecule has 1 unspecified atom stereocenters. The van der Waals surface area contributed by atoms with E-state index in [0.717, 1.165) is 38.8 Å². The first-order chi connectivity index (χ1) is 21.1. The Hall–Kier alpha value is -4.25. The number of nitrogens with zero attached hydrogens (tertiary/aromatic N) is 4. The number of carbonyl (C=O) groups is 1. The Kier molecular flexibility index (Phi) is 9.33. The Morgan fingerprint density at radius 3 is 2.55 bits per heavy atom. The number of carbonyl (C=O) groups excluding carboxylic acids is 1. The molecule has 0 bridgehead atoms. The number of rotatable bonds is 7. The Morgan fingerprint density at radius 1 is 1.11 bits per heavy atom. The van der Waals surface area contributed by atoms with Crippen LogP contribution in [0, 0.1) is 30.3 Å². The standard InChI is InChI=1S/C33H39F3N6O2/c1-6-40(5)33(43)28-31(44-27-19-25(35)30-23(29(27)36)17-21(4)38-30)20(3)9-8-12-37-32(28)39-22-10-11-26(24(34)18-22)42-15-13-41(7-2)14-16-42/h8,10-12,17-20,38H,6-7,9,13-16H2,1-5H3,(H,37,39)/b12-8+,31-28?. The van der Waals surface area contributed by atoms with E-state index in [0.29, 0.717) is 30.0 Å². The quantitative estimate of drug-likeness (QED) is 0.334. The molecule has 2 aliphatic heterocycles. The van der Waals surface area contributed by atoms with Crippen molar-refractivity contribution in [3.8, 4) is 5.75 Å². The second kappa shape index (κ2) is 13.2. The van der Waals surface area contributed by atoms with Crippen LogP contribution in [0.4, 0.5) is 24.5 Å². The van der Waals surface area contributed by atoms with E-state index in [1.165, 1.54) is 17.0 Å². The molecule has 0 aliphatic carbocycles. The van der Waals surface area contributed by atoms with Crippen molar-refractivity contribution in [3.05, 3.63) is 77.1 Å². The number of aliphatic imine (C=N–C) groups is 1. The van der Waals surface area contributed by atoms with E-state index in [4.69, 9.17) is 4.74 Å². The molecule has 0 saturated carbocycles. The molecule has 234 valence electrons. The summed E-state index contributed by atoms with van der Waals surface area (Å²) in [6, 6.07) is 7.31. The van der Waals surface area contributed by atoms with Crippen molar-refractivity contribution in [2.75, 3.05) is 56.5 Å². The number of amidine groups is 1. The normalized spacial score (nSPS) is 18.6. The minimum absolute atomic E-state index is 0.0404. The van der Waals surface area contributed by atoms with E-state index in [9.17, 15) is 4.79 Å². The van der Waals surface area contributed by atoms with Crippen LogP contribution in [0.25, 0.3) is 10.9 Å². The maximum atomic E-state index is 15.7. The highest BCUT2D eigenvalue weighted by Crippen LogP contribution is 2.34. The van der Waals surface area contributed by atoms with Crippen LogP contribution in [0.2, 0.25) is 0 Å². The molecule has 2 aliphatic rings.